The van der Waals surface area contributed by atoms with Gasteiger partial charge in [0.2, 0.25) is 5.91 Å². The second kappa shape index (κ2) is 4.29. The highest BCUT2D eigenvalue weighted by Gasteiger charge is 2.11. The Balaban J connectivity index is 3.89. The molecule has 0 saturated carbocycles. The van der Waals surface area contributed by atoms with Crippen LogP contribution in [0.25, 0.3) is 0 Å². The lowest BCUT2D eigenvalue weighted by Gasteiger charge is -2.18. The van der Waals surface area contributed by atoms with E-state index in [-0.39, 0.29) is 11.3 Å². The van der Waals surface area contributed by atoms with Gasteiger partial charge >= 0.3 is 0 Å². The average Bonchev–Trinajstić information content (AvgIpc) is 1.97. The van der Waals surface area contributed by atoms with Crippen LogP contribution in [-0.2, 0) is 4.79 Å². The van der Waals surface area contributed by atoms with Gasteiger partial charge in [0, 0.05) is 12.1 Å². The minimum absolute atomic E-state index is 0.0347. The summed E-state index contributed by atoms with van der Waals surface area (Å²) in [5, 5.41) is 2.87. The summed E-state index contributed by atoms with van der Waals surface area (Å²) in [7, 11) is 0. The zero-order valence-corrected chi connectivity index (χ0v) is 8.69. The van der Waals surface area contributed by atoms with Crippen molar-refractivity contribution in [2.24, 2.45) is 5.41 Å². The lowest BCUT2D eigenvalue weighted by molar-refractivity contribution is -0.117. The third-order valence-electron chi connectivity index (χ3n) is 1.57. The lowest BCUT2D eigenvalue weighted by Crippen LogP contribution is -2.32. The van der Waals surface area contributed by atoms with Gasteiger partial charge in [-0.25, -0.2) is 0 Å². The molecular formula is C10H19NO. The fourth-order valence-electron chi connectivity index (χ4n) is 0.616. The summed E-state index contributed by atoms with van der Waals surface area (Å²) in [6.45, 7) is 10.7. The molecule has 0 aromatic heterocycles. The van der Waals surface area contributed by atoms with Crippen LogP contribution >= 0.6 is 0 Å². The van der Waals surface area contributed by atoms with E-state index in [4.69, 9.17) is 0 Å². The Morgan fingerprint density at radius 1 is 1.42 bits per heavy atom. The molecule has 1 amide bonds. The number of hydrogen-bond acceptors (Lipinski definition) is 1. The van der Waals surface area contributed by atoms with Gasteiger partial charge in [0.25, 0.3) is 0 Å². The smallest absolute Gasteiger partial charge is 0.246 e. The van der Waals surface area contributed by atoms with Crippen molar-refractivity contribution >= 4 is 5.91 Å². The number of hydrogen-bond donors (Lipinski definition) is 1. The largest absolute Gasteiger partial charge is 0.352 e. The van der Waals surface area contributed by atoms with Crippen LogP contribution in [0.1, 0.15) is 34.6 Å². The molecular weight excluding hydrogens is 150 g/mol. The van der Waals surface area contributed by atoms with Gasteiger partial charge in [0.1, 0.15) is 0 Å². The highest BCUT2D eigenvalue weighted by molar-refractivity contribution is 5.92. The molecule has 0 aliphatic rings. The van der Waals surface area contributed by atoms with Crippen LogP contribution in [0.4, 0.5) is 0 Å². The first-order valence-corrected chi connectivity index (χ1v) is 4.28. The third-order valence-corrected chi connectivity index (χ3v) is 1.57. The van der Waals surface area contributed by atoms with Crippen LogP contribution in [0, 0.1) is 5.41 Å². The van der Waals surface area contributed by atoms with Crippen LogP contribution in [0.3, 0.4) is 0 Å². The molecule has 2 nitrogen and oxygen atoms in total. The van der Waals surface area contributed by atoms with Crippen molar-refractivity contribution in [2.45, 2.75) is 34.6 Å². The van der Waals surface area contributed by atoms with Crippen molar-refractivity contribution in [3.63, 3.8) is 0 Å². The summed E-state index contributed by atoms with van der Waals surface area (Å²) in [6.07, 6.45) is 1.82. The molecule has 0 aromatic rings. The molecule has 12 heavy (non-hydrogen) atoms. The third kappa shape index (κ3) is 4.94. The maximum atomic E-state index is 11.2. The Hall–Kier alpha value is -0.790. The summed E-state index contributed by atoms with van der Waals surface area (Å²) in [5.74, 6) is 0.0347. The molecule has 0 bridgehead atoms. The van der Waals surface area contributed by atoms with Gasteiger partial charge in [-0.3, -0.25) is 4.79 Å². The number of amides is 1. The summed E-state index contributed by atoms with van der Waals surface area (Å²) in [4.78, 5) is 11.2. The summed E-state index contributed by atoms with van der Waals surface area (Å²) < 4.78 is 0. The van der Waals surface area contributed by atoms with Gasteiger partial charge in [-0.05, 0) is 19.3 Å². The Bertz CT molecular complexity index is 187. The summed E-state index contributed by atoms with van der Waals surface area (Å²) in [5.41, 5.74) is 0.934. The van der Waals surface area contributed by atoms with Crippen molar-refractivity contribution in [3.05, 3.63) is 11.6 Å². The van der Waals surface area contributed by atoms with E-state index >= 15 is 0 Å². The fraction of sp³-hybridized carbons (Fsp3) is 0.700. The molecule has 0 rings (SSSR count). The second-order valence-electron chi connectivity index (χ2n) is 4.22. The van der Waals surface area contributed by atoms with E-state index in [9.17, 15) is 4.79 Å². The van der Waals surface area contributed by atoms with E-state index in [1.807, 2.05) is 19.9 Å². The van der Waals surface area contributed by atoms with E-state index in [1.54, 1.807) is 0 Å². The van der Waals surface area contributed by atoms with Gasteiger partial charge in [0.15, 0.2) is 0 Å². The number of nitrogens with one attached hydrogen (secondary N) is 1. The number of rotatable bonds is 2. The Labute approximate surface area is 75.0 Å². The van der Waals surface area contributed by atoms with E-state index < -0.39 is 0 Å². The van der Waals surface area contributed by atoms with Gasteiger partial charge < -0.3 is 5.32 Å². The molecule has 0 saturated heterocycles. The molecule has 70 valence electrons. The highest BCUT2D eigenvalue weighted by Crippen LogP contribution is 2.10. The van der Waals surface area contributed by atoms with Crippen LogP contribution in [0.5, 0.6) is 0 Å². The Morgan fingerprint density at radius 3 is 2.25 bits per heavy atom. The first kappa shape index (κ1) is 11.2. The van der Waals surface area contributed by atoms with Gasteiger partial charge in [-0.1, -0.05) is 26.8 Å². The second-order valence-corrected chi connectivity index (χ2v) is 4.22. The summed E-state index contributed by atoms with van der Waals surface area (Å²) >= 11 is 0. The average molecular weight is 169 g/mol. The molecule has 0 aliphatic carbocycles. The van der Waals surface area contributed by atoms with Crippen LogP contribution in [0.15, 0.2) is 11.6 Å². The van der Waals surface area contributed by atoms with Gasteiger partial charge in [-0.15, -0.1) is 0 Å². The monoisotopic (exact) mass is 169 g/mol. The van der Waals surface area contributed by atoms with Crippen molar-refractivity contribution in [3.8, 4) is 0 Å². The normalized spacial score (nSPS) is 12.9. The predicted octanol–water partition coefficient (Wildman–Crippen LogP) is 2.11. The molecule has 0 aliphatic heterocycles. The maximum absolute atomic E-state index is 11.2. The maximum Gasteiger partial charge on any atom is 0.246 e. The highest BCUT2D eigenvalue weighted by atomic mass is 16.1. The fourth-order valence-corrected chi connectivity index (χ4v) is 0.616. The zero-order chi connectivity index (χ0) is 9.78. The topological polar surface area (TPSA) is 29.1 Å². The Kier molecular flexibility index (Phi) is 4.01. The van der Waals surface area contributed by atoms with Crippen LogP contribution < -0.4 is 5.32 Å². The lowest BCUT2D eigenvalue weighted by atomic mass is 9.97. The SMILES string of the molecule is C/C=C(\C)C(=O)NCC(C)(C)C. The zero-order valence-electron chi connectivity index (χ0n) is 8.69. The minimum atomic E-state index is 0.0347. The molecule has 0 aromatic carbocycles. The van der Waals surface area contributed by atoms with Crippen molar-refractivity contribution in [2.75, 3.05) is 6.54 Å². The summed E-state index contributed by atoms with van der Waals surface area (Å²) in [6, 6.07) is 0. The molecule has 0 atom stereocenters. The molecule has 0 heterocycles. The van der Waals surface area contributed by atoms with Crippen molar-refractivity contribution < 1.29 is 4.79 Å². The molecule has 0 fully saturated rings. The minimum Gasteiger partial charge on any atom is -0.352 e. The quantitative estimate of drug-likeness (QED) is 0.630. The molecule has 0 radical (unpaired) electrons. The van der Waals surface area contributed by atoms with E-state index in [1.165, 1.54) is 0 Å². The number of carbonyl (C=O) groups excluding carboxylic acids is 1. The molecule has 0 unspecified atom stereocenters. The molecule has 0 spiro atoms. The number of carbonyl (C=O) groups is 1. The molecule has 2 heteroatoms. The van der Waals surface area contributed by atoms with E-state index in [0.717, 1.165) is 12.1 Å². The van der Waals surface area contributed by atoms with Gasteiger partial charge in [0.05, 0.1) is 0 Å². The first-order chi connectivity index (χ1) is 5.37. The molecule has 1 N–H and O–H groups in total. The van der Waals surface area contributed by atoms with Gasteiger partial charge in [-0.2, -0.15) is 0 Å². The Morgan fingerprint density at radius 2 is 1.92 bits per heavy atom. The van der Waals surface area contributed by atoms with E-state index in [2.05, 4.69) is 26.1 Å². The van der Waals surface area contributed by atoms with Crippen molar-refractivity contribution in [1.82, 2.24) is 5.32 Å². The first-order valence-electron chi connectivity index (χ1n) is 4.28. The van der Waals surface area contributed by atoms with E-state index in [0.29, 0.717) is 0 Å². The standard InChI is InChI=1S/C10H19NO/c1-6-8(2)9(12)11-7-10(3,4)5/h6H,7H2,1-5H3,(H,11,12)/b8-6+. The predicted molar refractivity (Wildman–Crippen MR) is 51.9 cm³/mol. The van der Waals surface area contributed by atoms with Crippen LogP contribution in [-0.4, -0.2) is 12.5 Å². The number of allylic oxidation sites excluding steroid dienone is 1. The van der Waals surface area contributed by atoms with Crippen molar-refractivity contribution in [1.29, 1.82) is 0 Å². The van der Waals surface area contributed by atoms with Crippen LogP contribution in [0.2, 0.25) is 0 Å².